The average Bonchev–Trinajstić information content (AvgIpc) is 3.58. The molecule has 55 heavy (non-hydrogen) atoms. The van der Waals surface area contributed by atoms with Crippen molar-refractivity contribution in [1.82, 2.24) is 19.9 Å². The molecule has 0 amide bonds. The molecule has 4 fully saturated rings. The number of nitrogen functional groups attached to an aromatic ring is 1. The number of nitrogens with one attached hydrogen (secondary N) is 1. The van der Waals surface area contributed by atoms with Crippen molar-refractivity contribution in [1.29, 1.82) is 0 Å². The standard InChI is InChI=1S/C40H45F2N5O8/c1-19-20(2)40(55-34(18-51-21(3)48)36(19)53-22(4)49)54-33-10-5-23(11-31(33)43)17-52-39(50)35-25-8-6-24(7-9-25)27(35)13-32-30(42)16-46-38(47-32)29-15-45-37-28(29)12-26(41)14-44-37/h5,10-12,14-16,19-20,24-25,27,34-36,40H,6-9,13,17-18,43H2,1-4H3,(H,44,45)/t19-,20-,24?,25?,27+,34-,35+,36-,40-/m1/s1. The molecule has 3 N–H and O–H groups in total. The number of H-pyrrole nitrogens is 1. The first-order chi connectivity index (χ1) is 26.4. The van der Waals surface area contributed by atoms with E-state index in [0.29, 0.717) is 33.6 Å². The van der Waals surface area contributed by atoms with Gasteiger partial charge in [-0.05, 0) is 73.6 Å². The first-order valence-corrected chi connectivity index (χ1v) is 18.7. The smallest absolute Gasteiger partial charge is 0.309 e. The van der Waals surface area contributed by atoms with Crippen molar-refractivity contribution in [2.75, 3.05) is 12.3 Å². The minimum atomic E-state index is -0.787. The summed E-state index contributed by atoms with van der Waals surface area (Å²) in [7, 11) is 0. The molecule has 8 rings (SSSR count). The van der Waals surface area contributed by atoms with Crippen LogP contribution in [0.1, 0.15) is 64.6 Å². The maximum absolute atomic E-state index is 15.3. The van der Waals surface area contributed by atoms with Crippen LogP contribution in [0.5, 0.6) is 5.75 Å². The van der Waals surface area contributed by atoms with Gasteiger partial charge in [0.2, 0.25) is 6.29 Å². The van der Waals surface area contributed by atoms with E-state index >= 15 is 4.39 Å². The molecular formula is C40H45F2N5O8. The Morgan fingerprint density at radius 1 is 0.964 bits per heavy atom. The van der Waals surface area contributed by atoms with E-state index in [0.717, 1.165) is 38.1 Å². The number of fused-ring (bicyclic) bond motifs is 4. The molecule has 4 heterocycles. The third-order valence-electron chi connectivity index (χ3n) is 11.6. The SMILES string of the molecule is CC(=O)OC[C@H]1O[C@@H](Oc2ccc(COC(=O)[C@H]3C4CCC(CC4)[C@@H]3Cc3nc(-c4c[nH]c5ncc(F)cc45)ncc3F)cc2N)[C@H](C)[C@@H](C)[C@H]1OC(C)=O. The number of nitrogens with zero attached hydrogens (tertiary/aromatic N) is 3. The third kappa shape index (κ3) is 8.12. The molecule has 7 atom stereocenters. The highest BCUT2D eigenvalue weighted by Crippen LogP contribution is 2.50. The van der Waals surface area contributed by atoms with Gasteiger partial charge < -0.3 is 34.4 Å². The first-order valence-electron chi connectivity index (χ1n) is 18.7. The molecule has 3 aliphatic carbocycles. The average molecular weight is 762 g/mol. The van der Waals surface area contributed by atoms with Gasteiger partial charge in [0.15, 0.2) is 11.6 Å². The van der Waals surface area contributed by atoms with Crippen molar-refractivity contribution in [3.63, 3.8) is 0 Å². The van der Waals surface area contributed by atoms with Crippen LogP contribution in [0.3, 0.4) is 0 Å². The van der Waals surface area contributed by atoms with E-state index in [9.17, 15) is 18.8 Å². The summed E-state index contributed by atoms with van der Waals surface area (Å²) < 4.78 is 58.3. The van der Waals surface area contributed by atoms with Gasteiger partial charge in [-0.15, -0.1) is 0 Å². The highest BCUT2D eigenvalue weighted by Gasteiger charge is 2.48. The maximum Gasteiger partial charge on any atom is 0.309 e. The summed E-state index contributed by atoms with van der Waals surface area (Å²) in [5.41, 5.74) is 8.55. The number of aromatic nitrogens is 4. The number of hydrogen-bond donors (Lipinski definition) is 2. The Morgan fingerprint density at radius 3 is 2.45 bits per heavy atom. The van der Waals surface area contributed by atoms with Gasteiger partial charge in [0.25, 0.3) is 0 Å². The van der Waals surface area contributed by atoms with Gasteiger partial charge in [-0.1, -0.05) is 19.9 Å². The Kier molecular flexibility index (Phi) is 11.0. The zero-order valence-electron chi connectivity index (χ0n) is 31.1. The number of esters is 3. The third-order valence-corrected chi connectivity index (χ3v) is 11.6. The number of carbonyl (C=O) groups is 3. The van der Waals surface area contributed by atoms with Crippen LogP contribution in [-0.2, 0) is 46.4 Å². The molecule has 2 bridgehead atoms. The fraction of sp³-hybridized carbons (Fsp3) is 0.500. The van der Waals surface area contributed by atoms with Crippen LogP contribution in [-0.4, -0.2) is 62.9 Å². The number of rotatable bonds is 11. The highest BCUT2D eigenvalue weighted by atomic mass is 19.1. The summed E-state index contributed by atoms with van der Waals surface area (Å²) in [6.07, 6.45) is 5.60. The van der Waals surface area contributed by atoms with E-state index in [1.165, 1.54) is 19.9 Å². The summed E-state index contributed by atoms with van der Waals surface area (Å²) in [5.74, 6) is -2.49. The summed E-state index contributed by atoms with van der Waals surface area (Å²) in [6, 6.07) is 6.44. The second kappa shape index (κ2) is 15.9. The van der Waals surface area contributed by atoms with Crippen molar-refractivity contribution in [3.05, 3.63) is 65.7 Å². The molecule has 0 radical (unpaired) electrons. The zero-order valence-corrected chi connectivity index (χ0v) is 31.1. The molecule has 1 saturated heterocycles. The lowest BCUT2D eigenvalue weighted by Crippen LogP contribution is -2.54. The monoisotopic (exact) mass is 761 g/mol. The van der Waals surface area contributed by atoms with E-state index in [-0.39, 0.29) is 66.7 Å². The number of aromatic amines is 1. The molecule has 4 aromatic rings. The molecule has 0 spiro atoms. The molecular weight excluding hydrogens is 716 g/mol. The van der Waals surface area contributed by atoms with Crippen LogP contribution in [0, 0.1) is 47.1 Å². The van der Waals surface area contributed by atoms with Crippen molar-refractivity contribution in [2.24, 2.45) is 35.5 Å². The second-order valence-electron chi connectivity index (χ2n) is 15.0. The Morgan fingerprint density at radius 2 is 1.73 bits per heavy atom. The summed E-state index contributed by atoms with van der Waals surface area (Å²) in [6.45, 7) is 6.28. The predicted molar refractivity (Wildman–Crippen MR) is 194 cm³/mol. The number of halogens is 2. The molecule has 15 heteroatoms. The van der Waals surface area contributed by atoms with Gasteiger partial charge in [-0.2, -0.15) is 0 Å². The number of benzene rings is 1. The molecule has 1 aromatic carbocycles. The number of hydrogen-bond acceptors (Lipinski definition) is 12. The van der Waals surface area contributed by atoms with Crippen LogP contribution in [0.15, 0.2) is 42.9 Å². The number of anilines is 1. The van der Waals surface area contributed by atoms with E-state index in [2.05, 4.69) is 19.9 Å². The van der Waals surface area contributed by atoms with Gasteiger partial charge in [0.05, 0.1) is 29.7 Å². The van der Waals surface area contributed by atoms with Crippen LogP contribution >= 0.6 is 0 Å². The van der Waals surface area contributed by atoms with Crippen molar-refractivity contribution in [2.45, 2.75) is 84.9 Å². The predicted octanol–water partition coefficient (Wildman–Crippen LogP) is 6.09. The topological polar surface area (TPSA) is 178 Å². The number of nitrogens with two attached hydrogens (primary N) is 1. The van der Waals surface area contributed by atoms with Crippen molar-refractivity contribution in [3.8, 4) is 17.1 Å². The number of ether oxygens (including phenoxy) is 5. The summed E-state index contributed by atoms with van der Waals surface area (Å²) in [5, 5.41) is 0.488. The normalized spacial score (nSPS) is 27.4. The van der Waals surface area contributed by atoms with E-state index in [1.807, 2.05) is 13.8 Å². The van der Waals surface area contributed by atoms with E-state index < -0.39 is 48.0 Å². The van der Waals surface area contributed by atoms with Crippen molar-refractivity contribution < 1.29 is 46.8 Å². The Hall–Kier alpha value is -5.18. The fourth-order valence-corrected chi connectivity index (χ4v) is 8.57. The van der Waals surface area contributed by atoms with Crippen LogP contribution < -0.4 is 10.5 Å². The van der Waals surface area contributed by atoms with Gasteiger partial charge in [-0.3, -0.25) is 14.4 Å². The molecule has 4 aliphatic rings. The minimum absolute atomic E-state index is 0.0248. The summed E-state index contributed by atoms with van der Waals surface area (Å²) in [4.78, 5) is 53.0. The number of carbonyl (C=O) groups excluding carboxylic acids is 3. The van der Waals surface area contributed by atoms with E-state index in [4.69, 9.17) is 29.4 Å². The van der Waals surface area contributed by atoms with Crippen molar-refractivity contribution >= 4 is 34.6 Å². The molecule has 3 aromatic heterocycles. The Balaban J connectivity index is 1.02. The molecule has 13 nitrogen and oxygen atoms in total. The quantitative estimate of drug-likeness (QED) is 0.102. The lowest BCUT2D eigenvalue weighted by Gasteiger charge is -2.47. The van der Waals surface area contributed by atoms with Gasteiger partial charge in [-0.25, -0.2) is 23.7 Å². The zero-order chi connectivity index (χ0) is 39.0. The largest absolute Gasteiger partial charge is 0.463 e. The highest BCUT2D eigenvalue weighted by molar-refractivity contribution is 5.91. The fourth-order valence-electron chi connectivity index (χ4n) is 8.57. The summed E-state index contributed by atoms with van der Waals surface area (Å²) >= 11 is 0. The molecule has 1 aliphatic heterocycles. The van der Waals surface area contributed by atoms with E-state index in [1.54, 1.807) is 24.4 Å². The lowest BCUT2D eigenvalue weighted by molar-refractivity contribution is -0.247. The van der Waals surface area contributed by atoms with Gasteiger partial charge >= 0.3 is 17.9 Å². The Bertz CT molecular complexity index is 2070. The van der Waals surface area contributed by atoms with Crippen LogP contribution in [0.4, 0.5) is 14.5 Å². The minimum Gasteiger partial charge on any atom is -0.463 e. The lowest BCUT2D eigenvalue weighted by atomic mass is 9.57. The van der Waals surface area contributed by atoms with Crippen LogP contribution in [0.2, 0.25) is 0 Å². The molecule has 3 saturated carbocycles. The number of pyridine rings is 1. The Labute approximate surface area is 316 Å². The molecule has 0 unspecified atom stereocenters. The maximum atomic E-state index is 15.3. The second-order valence-corrected chi connectivity index (χ2v) is 15.0. The first kappa shape index (κ1) is 38.1. The van der Waals surface area contributed by atoms with Gasteiger partial charge in [0.1, 0.15) is 42.6 Å². The molecule has 292 valence electrons. The van der Waals surface area contributed by atoms with Gasteiger partial charge in [0, 0.05) is 42.8 Å². The van der Waals surface area contributed by atoms with Crippen LogP contribution in [0.25, 0.3) is 22.4 Å².